The van der Waals surface area contributed by atoms with Gasteiger partial charge in [0.25, 0.3) is 0 Å². The average molecular weight is 527 g/mol. The van der Waals surface area contributed by atoms with Crippen molar-refractivity contribution in [3.63, 3.8) is 0 Å². The van der Waals surface area contributed by atoms with Crippen LogP contribution < -0.4 is 4.90 Å². The molecule has 6 aromatic carbocycles. The number of fused-ring (bicyclic) bond motifs is 6. The highest BCUT2D eigenvalue weighted by molar-refractivity contribution is 6.10. The molecule has 0 saturated heterocycles. The van der Waals surface area contributed by atoms with Crippen molar-refractivity contribution in [3.05, 3.63) is 157 Å². The van der Waals surface area contributed by atoms with Gasteiger partial charge in [-0.25, -0.2) is 0 Å². The second-order valence-corrected chi connectivity index (χ2v) is 11.5. The lowest BCUT2D eigenvalue weighted by Gasteiger charge is -2.28. The van der Waals surface area contributed by atoms with Gasteiger partial charge < -0.3 is 9.47 Å². The Bertz CT molecular complexity index is 2070. The van der Waals surface area contributed by atoms with Crippen LogP contribution in [-0.2, 0) is 5.41 Å². The van der Waals surface area contributed by atoms with Gasteiger partial charge in [-0.2, -0.15) is 0 Å². The summed E-state index contributed by atoms with van der Waals surface area (Å²) in [6.45, 7) is 4.69. The van der Waals surface area contributed by atoms with Crippen LogP contribution in [0.3, 0.4) is 0 Å². The number of nitrogens with zero attached hydrogens (tertiary/aromatic N) is 2. The molecule has 196 valence electrons. The quantitative estimate of drug-likeness (QED) is 0.221. The number of benzene rings is 6. The van der Waals surface area contributed by atoms with Gasteiger partial charge in [0.2, 0.25) is 0 Å². The molecule has 1 aliphatic carbocycles. The van der Waals surface area contributed by atoms with E-state index in [1.807, 2.05) is 0 Å². The summed E-state index contributed by atoms with van der Waals surface area (Å²) in [5, 5.41) is 2.52. The third-order valence-electron chi connectivity index (χ3n) is 8.77. The fourth-order valence-corrected chi connectivity index (χ4v) is 6.81. The third kappa shape index (κ3) is 3.57. The van der Waals surface area contributed by atoms with Crippen molar-refractivity contribution in [1.82, 2.24) is 4.57 Å². The van der Waals surface area contributed by atoms with Crippen molar-refractivity contribution in [2.24, 2.45) is 0 Å². The minimum absolute atomic E-state index is 0.0615. The lowest BCUT2D eigenvalue weighted by atomic mass is 9.82. The first-order valence-corrected chi connectivity index (χ1v) is 14.3. The normalized spacial score (nSPS) is 13.3. The van der Waals surface area contributed by atoms with Crippen molar-refractivity contribution in [2.75, 3.05) is 4.90 Å². The molecule has 1 heterocycles. The van der Waals surface area contributed by atoms with E-state index in [2.05, 4.69) is 169 Å². The van der Waals surface area contributed by atoms with Gasteiger partial charge in [-0.3, -0.25) is 0 Å². The lowest BCUT2D eigenvalue weighted by Crippen LogP contribution is -2.16. The van der Waals surface area contributed by atoms with Crippen LogP contribution in [0.2, 0.25) is 0 Å². The first-order chi connectivity index (χ1) is 20.1. The predicted octanol–water partition coefficient (Wildman–Crippen LogP) is 10.6. The molecular formula is C39H30N2. The molecule has 7 aromatic rings. The highest BCUT2D eigenvalue weighted by Gasteiger charge is 2.35. The summed E-state index contributed by atoms with van der Waals surface area (Å²) in [6, 6.07) is 52.8. The second-order valence-electron chi connectivity index (χ2n) is 11.5. The molecule has 2 heteroatoms. The Labute approximate surface area is 240 Å². The molecule has 0 N–H and O–H groups in total. The van der Waals surface area contributed by atoms with E-state index in [4.69, 9.17) is 0 Å². The maximum Gasteiger partial charge on any atom is 0.0561 e. The summed E-state index contributed by atoms with van der Waals surface area (Å²) in [4.78, 5) is 2.39. The Morgan fingerprint density at radius 1 is 0.463 bits per heavy atom. The van der Waals surface area contributed by atoms with Crippen molar-refractivity contribution in [2.45, 2.75) is 19.3 Å². The van der Waals surface area contributed by atoms with E-state index in [1.165, 1.54) is 49.7 Å². The zero-order valence-electron chi connectivity index (χ0n) is 23.3. The Hall–Kier alpha value is -5.08. The van der Waals surface area contributed by atoms with E-state index in [-0.39, 0.29) is 5.41 Å². The molecule has 0 aliphatic heterocycles. The molecule has 0 saturated carbocycles. The van der Waals surface area contributed by atoms with Crippen LogP contribution in [0.25, 0.3) is 38.6 Å². The minimum Gasteiger partial charge on any atom is -0.310 e. The van der Waals surface area contributed by atoms with Crippen LogP contribution in [-0.4, -0.2) is 4.57 Å². The van der Waals surface area contributed by atoms with Gasteiger partial charge in [-0.05, 0) is 76.9 Å². The molecule has 0 amide bonds. The Kier molecular flexibility index (Phi) is 5.20. The van der Waals surface area contributed by atoms with Gasteiger partial charge >= 0.3 is 0 Å². The molecule has 0 unspecified atom stereocenters. The number of anilines is 3. The van der Waals surface area contributed by atoms with E-state index in [9.17, 15) is 0 Å². The van der Waals surface area contributed by atoms with Gasteiger partial charge in [0.05, 0.1) is 11.0 Å². The first kappa shape index (κ1) is 23.8. The number of rotatable bonds is 4. The van der Waals surface area contributed by atoms with E-state index in [0.717, 1.165) is 17.1 Å². The highest BCUT2D eigenvalue weighted by atomic mass is 15.1. The molecule has 0 bridgehead atoms. The van der Waals surface area contributed by atoms with E-state index in [0.29, 0.717) is 0 Å². The van der Waals surface area contributed by atoms with Crippen LogP contribution in [0.4, 0.5) is 17.1 Å². The van der Waals surface area contributed by atoms with Gasteiger partial charge in [0.15, 0.2) is 0 Å². The number of hydrogen-bond acceptors (Lipinski definition) is 1. The first-order valence-electron chi connectivity index (χ1n) is 14.3. The van der Waals surface area contributed by atoms with Crippen molar-refractivity contribution >= 4 is 38.9 Å². The van der Waals surface area contributed by atoms with Crippen LogP contribution in [0.5, 0.6) is 0 Å². The van der Waals surface area contributed by atoms with E-state index < -0.39 is 0 Å². The Balaban J connectivity index is 1.37. The number of para-hydroxylation sites is 3. The van der Waals surface area contributed by atoms with Crippen molar-refractivity contribution in [1.29, 1.82) is 0 Å². The maximum atomic E-state index is 2.40. The number of aromatic nitrogens is 1. The van der Waals surface area contributed by atoms with Gasteiger partial charge in [0.1, 0.15) is 0 Å². The molecule has 0 fully saturated rings. The second kappa shape index (κ2) is 8.97. The molecule has 0 spiro atoms. The van der Waals surface area contributed by atoms with Gasteiger partial charge in [-0.1, -0.05) is 105 Å². The molecule has 8 rings (SSSR count). The summed E-state index contributed by atoms with van der Waals surface area (Å²) in [7, 11) is 0. The Morgan fingerprint density at radius 3 is 1.90 bits per heavy atom. The molecule has 2 nitrogen and oxygen atoms in total. The molecular weight excluding hydrogens is 496 g/mol. The SMILES string of the molecule is CC1(C)c2ccccc2-c2ccc(N(c3ccccc3)c3ccc4c5ccccc5n(-c5ccccc5)c4c3)cc21. The summed E-state index contributed by atoms with van der Waals surface area (Å²) >= 11 is 0. The minimum atomic E-state index is -0.0615. The maximum absolute atomic E-state index is 2.40. The van der Waals surface area contributed by atoms with Crippen LogP contribution in [0.1, 0.15) is 25.0 Å². The Morgan fingerprint density at radius 2 is 1.07 bits per heavy atom. The third-order valence-corrected chi connectivity index (χ3v) is 8.77. The zero-order valence-corrected chi connectivity index (χ0v) is 23.3. The van der Waals surface area contributed by atoms with Crippen LogP contribution in [0.15, 0.2) is 146 Å². The van der Waals surface area contributed by atoms with E-state index in [1.54, 1.807) is 0 Å². The smallest absolute Gasteiger partial charge is 0.0561 e. The van der Waals surface area contributed by atoms with Gasteiger partial charge in [0, 0.05) is 38.9 Å². The topological polar surface area (TPSA) is 8.17 Å². The molecule has 0 radical (unpaired) electrons. The summed E-state index contributed by atoms with van der Waals surface area (Å²) in [5.41, 5.74) is 12.4. The summed E-state index contributed by atoms with van der Waals surface area (Å²) in [5.74, 6) is 0. The standard InChI is InChI=1S/C39H30N2/c1-39(2)35-19-11-9-17-31(35)32-23-21-29(25-36(32)39)40(27-13-5-3-6-14-27)30-22-24-34-33-18-10-12-20-37(33)41(38(34)26-30)28-15-7-4-8-16-28/h3-26H,1-2H3. The molecule has 0 atom stereocenters. The van der Waals surface area contributed by atoms with Crippen molar-refractivity contribution in [3.8, 4) is 16.8 Å². The lowest BCUT2D eigenvalue weighted by molar-refractivity contribution is 0.660. The zero-order chi connectivity index (χ0) is 27.6. The molecule has 41 heavy (non-hydrogen) atoms. The van der Waals surface area contributed by atoms with Crippen LogP contribution in [0, 0.1) is 0 Å². The fourth-order valence-electron chi connectivity index (χ4n) is 6.81. The van der Waals surface area contributed by atoms with Gasteiger partial charge in [-0.15, -0.1) is 0 Å². The van der Waals surface area contributed by atoms with E-state index >= 15 is 0 Å². The largest absolute Gasteiger partial charge is 0.310 e. The number of hydrogen-bond donors (Lipinski definition) is 0. The summed E-state index contributed by atoms with van der Waals surface area (Å²) < 4.78 is 2.39. The monoisotopic (exact) mass is 526 g/mol. The molecule has 1 aliphatic rings. The highest BCUT2D eigenvalue weighted by Crippen LogP contribution is 2.50. The average Bonchev–Trinajstić information content (AvgIpc) is 3.47. The fraction of sp³-hybridized carbons (Fsp3) is 0.0769. The molecule has 1 aromatic heterocycles. The van der Waals surface area contributed by atoms with Crippen molar-refractivity contribution < 1.29 is 0 Å². The van der Waals surface area contributed by atoms with Crippen LogP contribution >= 0.6 is 0 Å². The summed E-state index contributed by atoms with van der Waals surface area (Å²) in [6.07, 6.45) is 0. The predicted molar refractivity (Wildman–Crippen MR) is 173 cm³/mol.